The van der Waals surface area contributed by atoms with E-state index in [0.717, 1.165) is 18.6 Å². The molecule has 3 heterocycles. The second kappa shape index (κ2) is 8.71. The lowest BCUT2D eigenvalue weighted by Gasteiger charge is -2.11. The summed E-state index contributed by atoms with van der Waals surface area (Å²) in [6, 6.07) is 10.0. The summed E-state index contributed by atoms with van der Waals surface area (Å²) in [4.78, 5) is 35.6. The van der Waals surface area contributed by atoms with Crippen molar-refractivity contribution in [2.75, 3.05) is 19.8 Å². The van der Waals surface area contributed by atoms with E-state index in [2.05, 4.69) is 20.3 Å². The molecule has 30 heavy (non-hydrogen) atoms. The fourth-order valence-corrected chi connectivity index (χ4v) is 3.14. The number of aromatic nitrogens is 3. The van der Waals surface area contributed by atoms with E-state index < -0.39 is 11.5 Å². The van der Waals surface area contributed by atoms with E-state index >= 15 is 0 Å². The molecule has 3 aromatic rings. The van der Waals surface area contributed by atoms with Crippen molar-refractivity contribution >= 4 is 16.8 Å². The molecule has 1 saturated heterocycles. The number of ether oxygens (including phenoxy) is 2. The monoisotopic (exact) mass is 405 g/mol. The van der Waals surface area contributed by atoms with Gasteiger partial charge in [0.2, 0.25) is 5.88 Å². The third-order valence-electron chi connectivity index (χ3n) is 4.79. The summed E-state index contributed by atoms with van der Waals surface area (Å²) in [5.74, 6) is 0.249. The summed E-state index contributed by atoms with van der Waals surface area (Å²) in [5.41, 5.74) is 1.03. The first kappa shape index (κ1) is 19.5. The Morgan fingerprint density at radius 1 is 1.37 bits per heavy atom. The van der Waals surface area contributed by atoms with Gasteiger partial charge in [0, 0.05) is 31.3 Å². The third-order valence-corrected chi connectivity index (χ3v) is 4.79. The van der Waals surface area contributed by atoms with Crippen LogP contribution < -0.4 is 15.6 Å². The zero-order chi connectivity index (χ0) is 20.9. The highest BCUT2D eigenvalue weighted by molar-refractivity contribution is 5.92. The van der Waals surface area contributed by atoms with Crippen LogP contribution in [0.2, 0.25) is 0 Å². The zero-order valence-corrected chi connectivity index (χ0v) is 16.1. The zero-order valence-electron chi connectivity index (χ0n) is 16.1. The van der Waals surface area contributed by atoms with Crippen molar-refractivity contribution in [1.82, 2.24) is 20.3 Å². The quantitative estimate of drug-likeness (QED) is 0.636. The molecule has 152 valence electrons. The number of rotatable bonds is 6. The molecule has 9 heteroatoms. The van der Waals surface area contributed by atoms with Crippen LogP contribution in [0.25, 0.3) is 10.9 Å². The summed E-state index contributed by atoms with van der Waals surface area (Å²) in [7, 11) is 0. The summed E-state index contributed by atoms with van der Waals surface area (Å²) in [5, 5.41) is 11.9. The topological polar surface area (TPSA) is 130 Å². The molecule has 0 saturated carbocycles. The van der Waals surface area contributed by atoms with Gasteiger partial charge in [-0.05, 0) is 36.2 Å². The van der Waals surface area contributed by atoms with Gasteiger partial charge in [-0.3, -0.25) is 9.59 Å². The van der Waals surface area contributed by atoms with Gasteiger partial charge in [0.15, 0.2) is 5.82 Å². The van der Waals surface area contributed by atoms with Crippen LogP contribution in [0.5, 0.6) is 5.88 Å². The number of nitriles is 1. The fourth-order valence-electron chi connectivity index (χ4n) is 3.14. The number of hydrogen-bond acceptors (Lipinski definition) is 7. The number of carbonyl (C=O) groups is 1. The van der Waals surface area contributed by atoms with Gasteiger partial charge < -0.3 is 19.8 Å². The highest BCUT2D eigenvalue weighted by Gasteiger charge is 2.16. The molecule has 1 atom stereocenters. The normalized spacial score (nSPS) is 15.6. The molecule has 1 aliphatic heterocycles. The van der Waals surface area contributed by atoms with Crippen LogP contribution >= 0.6 is 0 Å². The number of nitrogens with zero attached hydrogens (tertiary/aromatic N) is 3. The van der Waals surface area contributed by atoms with E-state index in [-0.39, 0.29) is 17.8 Å². The Labute approximate surface area is 171 Å². The lowest BCUT2D eigenvalue weighted by Crippen LogP contribution is -2.27. The summed E-state index contributed by atoms with van der Waals surface area (Å²) >= 11 is 0. The van der Waals surface area contributed by atoms with Crippen molar-refractivity contribution < 1.29 is 14.3 Å². The molecule has 1 aromatic carbocycles. The van der Waals surface area contributed by atoms with Crippen molar-refractivity contribution in [3.8, 4) is 11.9 Å². The van der Waals surface area contributed by atoms with Crippen LogP contribution in [0.4, 0.5) is 0 Å². The van der Waals surface area contributed by atoms with Crippen molar-refractivity contribution in [1.29, 1.82) is 5.26 Å². The number of carbonyl (C=O) groups excluding carboxylic acids is 1. The van der Waals surface area contributed by atoms with Crippen LogP contribution in [-0.4, -0.2) is 40.7 Å². The van der Waals surface area contributed by atoms with E-state index in [0.29, 0.717) is 36.1 Å². The summed E-state index contributed by atoms with van der Waals surface area (Å²) in [6.45, 7) is 2.22. The van der Waals surface area contributed by atoms with Crippen molar-refractivity contribution in [2.24, 2.45) is 5.92 Å². The fraction of sp³-hybridized carbons (Fsp3) is 0.286. The summed E-state index contributed by atoms with van der Waals surface area (Å²) < 4.78 is 11.0. The van der Waals surface area contributed by atoms with Crippen molar-refractivity contribution in [3.63, 3.8) is 0 Å². The molecule has 0 radical (unpaired) electrons. The Balaban J connectivity index is 1.41. The molecule has 0 bridgehead atoms. The Morgan fingerprint density at radius 3 is 3.07 bits per heavy atom. The minimum atomic E-state index is -0.513. The Bertz CT molecular complexity index is 1180. The van der Waals surface area contributed by atoms with Crippen LogP contribution in [0.15, 0.2) is 41.3 Å². The average molecular weight is 405 g/mol. The van der Waals surface area contributed by atoms with Crippen LogP contribution in [0.3, 0.4) is 0 Å². The Kier molecular flexibility index (Phi) is 5.68. The predicted octanol–water partition coefficient (Wildman–Crippen LogP) is 1.54. The van der Waals surface area contributed by atoms with Crippen LogP contribution in [-0.2, 0) is 11.3 Å². The number of H-pyrrole nitrogens is 1. The van der Waals surface area contributed by atoms with Crippen LogP contribution in [0.1, 0.15) is 28.2 Å². The summed E-state index contributed by atoms with van der Waals surface area (Å²) in [6.07, 6.45) is 2.59. The molecular weight excluding hydrogens is 386 g/mol. The van der Waals surface area contributed by atoms with Gasteiger partial charge in [-0.1, -0.05) is 0 Å². The first-order valence-corrected chi connectivity index (χ1v) is 9.50. The van der Waals surface area contributed by atoms with E-state index in [9.17, 15) is 9.59 Å². The maximum atomic E-state index is 12.5. The molecule has 1 amide bonds. The molecule has 2 N–H and O–H groups in total. The van der Waals surface area contributed by atoms with Gasteiger partial charge in [0.1, 0.15) is 0 Å². The Hall–Kier alpha value is -3.77. The molecule has 0 aliphatic carbocycles. The van der Waals surface area contributed by atoms with Crippen molar-refractivity contribution in [3.05, 3.63) is 63.8 Å². The maximum absolute atomic E-state index is 12.5. The van der Waals surface area contributed by atoms with Gasteiger partial charge in [-0.2, -0.15) is 5.26 Å². The molecule has 1 fully saturated rings. The lowest BCUT2D eigenvalue weighted by atomic mass is 10.1. The van der Waals surface area contributed by atoms with E-state index in [4.69, 9.17) is 14.7 Å². The molecular formula is C21H19N5O4. The van der Waals surface area contributed by atoms with Crippen molar-refractivity contribution in [2.45, 2.75) is 13.0 Å². The molecule has 1 aliphatic rings. The van der Waals surface area contributed by atoms with Gasteiger partial charge >= 0.3 is 0 Å². The standard InChI is InChI=1S/C21H19N5O4/c22-9-13-1-2-17-16(7-13)20(27)26-19(25-17)21(28)24-10-14-3-5-23-18(8-14)30-12-15-4-6-29-11-15/h1-3,5,7-8,15H,4,6,10-12H2,(H,24,28)(H,25,26,27). The first-order valence-electron chi connectivity index (χ1n) is 9.50. The first-order chi connectivity index (χ1) is 14.6. The highest BCUT2D eigenvalue weighted by atomic mass is 16.5. The van der Waals surface area contributed by atoms with E-state index in [1.807, 2.05) is 6.07 Å². The lowest BCUT2D eigenvalue weighted by molar-refractivity contribution is 0.0940. The maximum Gasteiger partial charge on any atom is 0.287 e. The number of hydrogen-bond donors (Lipinski definition) is 2. The van der Waals surface area contributed by atoms with E-state index in [1.54, 1.807) is 30.5 Å². The van der Waals surface area contributed by atoms with E-state index in [1.165, 1.54) is 6.07 Å². The molecule has 2 aromatic heterocycles. The van der Waals surface area contributed by atoms with Gasteiger partial charge in [-0.25, -0.2) is 9.97 Å². The van der Waals surface area contributed by atoms with Gasteiger partial charge in [0.25, 0.3) is 11.5 Å². The van der Waals surface area contributed by atoms with Crippen LogP contribution in [0, 0.1) is 17.2 Å². The average Bonchev–Trinajstić information content (AvgIpc) is 3.30. The largest absolute Gasteiger partial charge is 0.477 e. The second-order valence-electron chi connectivity index (χ2n) is 6.98. The molecule has 4 rings (SSSR count). The minimum absolute atomic E-state index is 0.0935. The minimum Gasteiger partial charge on any atom is -0.477 e. The number of amides is 1. The van der Waals surface area contributed by atoms with Gasteiger partial charge in [-0.15, -0.1) is 0 Å². The number of fused-ring (bicyclic) bond motifs is 1. The number of pyridine rings is 1. The highest BCUT2D eigenvalue weighted by Crippen LogP contribution is 2.16. The molecule has 9 nitrogen and oxygen atoms in total. The third kappa shape index (κ3) is 4.45. The SMILES string of the molecule is N#Cc1ccc2nc(C(=O)NCc3ccnc(OCC4CCOC4)c3)[nH]c(=O)c2c1. The Morgan fingerprint density at radius 2 is 2.27 bits per heavy atom. The number of nitrogens with one attached hydrogen (secondary N) is 2. The van der Waals surface area contributed by atoms with Gasteiger partial charge in [0.05, 0.1) is 35.7 Å². The number of benzene rings is 1. The molecule has 0 spiro atoms. The second-order valence-corrected chi connectivity index (χ2v) is 6.98. The number of aromatic amines is 1. The molecule has 1 unspecified atom stereocenters. The predicted molar refractivity (Wildman–Crippen MR) is 107 cm³/mol. The smallest absolute Gasteiger partial charge is 0.287 e.